The third-order valence-corrected chi connectivity index (χ3v) is 5.98. The first-order valence-corrected chi connectivity index (χ1v) is 10.6. The maximum Gasteiger partial charge on any atom is 0.256 e. The summed E-state index contributed by atoms with van der Waals surface area (Å²) in [6, 6.07) is 15.4. The summed E-state index contributed by atoms with van der Waals surface area (Å²) < 4.78 is 0. The second-order valence-electron chi connectivity index (χ2n) is 7.90. The van der Waals surface area contributed by atoms with E-state index in [4.69, 9.17) is 0 Å². The van der Waals surface area contributed by atoms with Crippen molar-refractivity contribution in [3.63, 3.8) is 0 Å². The molecular weight excluding hydrogens is 364 g/mol. The fourth-order valence-electron chi connectivity index (χ4n) is 4.39. The van der Waals surface area contributed by atoms with E-state index in [2.05, 4.69) is 12.1 Å². The van der Waals surface area contributed by atoms with Gasteiger partial charge >= 0.3 is 0 Å². The van der Waals surface area contributed by atoms with Gasteiger partial charge in [0.25, 0.3) is 5.91 Å². The van der Waals surface area contributed by atoms with Crippen LogP contribution >= 0.6 is 0 Å². The number of nitrogens with zero attached hydrogens (tertiary/aromatic N) is 2. The summed E-state index contributed by atoms with van der Waals surface area (Å²) in [5.74, 6) is 0.0781. The number of hydrogen-bond donors (Lipinski definition) is 1. The number of aryl methyl sites for hydroxylation is 1. The Morgan fingerprint density at radius 1 is 1.00 bits per heavy atom. The van der Waals surface area contributed by atoms with Crippen molar-refractivity contribution >= 4 is 17.5 Å². The van der Waals surface area contributed by atoms with Crippen LogP contribution in [0.1, 0.15) is 66.2 Å². The number of fused-ring (bicyclic) bond motifs is 2. The minimum atomic E-state index is -0.853. The number of anilines is 1. The molecule has 2 aliphatic rings. The number of para-hydroxylation sites is 1. The molecule has 0 aromatic heterocycles. The topological polar surface area (TPSA) is 60.9 Å². The van der Waals surface area contributed by atoms with Crippen LogP contribution in [0.4, 0.5) is 5.69 Å². The molecular formula is C24H28N2O3. The minimum absolute atomic E-state index is 0.106. The largest absolute Gasteiger partial charge is 0.369 e. The monoisotopic (exact) mass is 392 g/mol. The minimum Gasteiger partial charge on any atom is -0.369 e. The van der Waals surface area contributed by atoms with E-state index >= 15 is 0 Å². The Labute approximate surface area is 171 Å². The smallest absolute Gasteiger partial charge is 0.256 e. The van der Waals surface area contributed by atoms with Gasteiger partial charge in [-0.25, -0.2) is 0 Å². The van der Waals surface area contributed by atoms with Gasteiger partial charge in [0.15, 0.2) is 6.23 Å². The van der Waals surface area contributed by atoms with Crippen molar-refractivity contribution < 1.29 is 14.7 Å². The van der Waals surface area contributed by atoms with E-state index in [0.717, 1.165) is 50.8 Å². The van der Waals surface area contributed by atoms with Gasteiger partial charge in [0, 0.05) is 36.3 Å². The normalized spacial score (nSPS) is 18.4. The number of unbranched alkanes of at least 4 members (excludes halogenated alkanes) is 2. The van der Waals surface area contributed by atoms with Gasteiger partial charge in [-0.05, 0) is 49.8 Å². The lowest BCUT2D eigenvalue weighted by Crippen LogP contribution is -2.31. The molecule has 152 valence electrons. The van der Waals surface area contributed by atoms with Crippen LogP contribution in [0.5, 0.6) is 0 Å². The van der Waals surface area contributed by atoms with Crippen molar-refractivity contribution in [1.29, 1.82) is 0 Å². The quantitative estimate of drug-likeness (QED) is 0.754. The van der Waals surface area contributed by atoms with Crippen molar-refractivity contribution in [3.05, 3.63) is 65.2 Å². The van der Waals surface area contributed by atoms with Crippen LogP contribution in [0.25, 0.3) is 0 Å². The fraction of sp³-hybridized carbons (Fsp3) is 0.417. The molecule has 2 aliphatic heterocycles. The average Bonchev–Trinajstić information content (AvgIpc) is 2.89. The summed E-state index contributed by atoms with van der Waals surface area (Å²) in [5, 5.41) is 10.4. The van der Waals surface area contributed by atoms with Crippen LogP contribution in [0.3, 0.4) is 0 Å². The SMILES string of the molecule is O=C(CCCCCN1C(=O)c2ccccc2C1O)N1CCCCc2ccccc21. The van der Waals surface area contributed by atoms with E-state index < -0.39 is 6.23 Å². The Bertz CT molecular complexity index is 895. The summed E-state index contributed by atoms with van der Waals surface area (Å²) in [4.78, 5) is 28.7. The van der Waals surface area contributed by atoms with E-state index in [1.54, 1.807) is 12.1 Å². The third kappa shape index (κ3) is 4.06. The van der Waals surface area contributed by atoms with E-state index in [-0.39, 0.29) is 11.8 Å². The highest BCUT2D eigenvalue weighted by atomic mass is 16.3. The summed E-state index contributed by atoms with van der Waals surface area (Å²) in [5.41, 5.74) is 3.61. The molecule has 0 spiro atoms. The Morgan fingerprint density at radius 3 is 2.66 bits per heavy atom. The lowest BCUT2D eigenvalue weighted by atomic mass is 10.1. The van der Waals surface area contributed by atoms with Crippen molar-refractivity contribution in [2.45, 2.75) is 51.2 Å². The van der Waals surface area contributed by atoms with Crippen molar-refractivity contribution in [1.82, 2.24) is 4.90 Å². The molecule has 0 saturated carbocycles. The van der Waals surface area contributed by atoms with Gasteiger partial charge in [-0.1, -0.05) is 42.8 Å². The summed E-state index contributed by atoms with van der Waals surface area (Å²) >= 11 is 0. The van der Waals surface area contributed by atoms with Crippen LogP contribution in [0.15, 0.2) is 48.5 Å². The van der Waals surface area contributed by atoms with Crippen molar-refractivity contribution in [2.24, 2.45) is 0 Å². The molecule has 1 N–H and O–H groups in total. The van der Waals surface area contributed by atoms with Crippen molar-refractivity contribution in [3.8, 4) is 0 Å². The predicted molar refractivity (Wildman–Crippen MR) is 113 cm³/mol. The molecule has 2 amide bonds. The first kappa shape index (κ1) is 19.6. The zero-order valence-electron chi connectivity index (χ0n) is 16.7. The number of rotatable bonds is 6. The van der Waals surface area contributed by atoms with Gasteiger partial charge in [0.2, 0.25) is 5.91 Å². The van der Waals surface area contributed by atoms with E-state index in [1.807, 2.05) is 29.2 Å². The second kappa shape index (κ2) is 8.78. The molecule has 29 heavy (non-hydrogen) atoms. The van der Waals surface area contributed by atoms with Gasteiger partial charge in [-0.2, -0.15) is 0 Å². The summed E-state index contributed by atoms with van der Waals surface area (Å²) in [6.07, 6.45) is 5.29. The van der Waals surface area contributed by atoms with Gasteiger partial charge < -0.3 is 14.9 Å². The highest BCUT2D eigenvalue weighted by Gasteiger charge is 2.34. The van der Waals surface area contributed by atoms with Crippen LogP contribution < -0.4 is 4.90 Å². The van der Waals surface area contributed by atoms with Gasteiger partial charge in [0.1, 0.15) is 0 Å². The second-order valence-corrected chi connectivity index (χ2v) is 7.90. The number of amides is 2. The van der Waals surface area contributed by atoms with Gasteiger partial charge in [-0.15, -0.1) is 0 Å². The van der Waals surface area contributed by atoms with E-state index in [0.29, 0.717) is 24.1 Å². The summed E-state index contributed by atoms with van der Waals surface area (Å²) in [6.45, 7) is 1.30. The standard InChI is InChI=1S/C24H28N2O3/c27-22(25-16-9-7-11-18-10-3-6-14-21(18)25)15-2-1-8-17-26-23(28)19-12-4-5-13-20(19)24(26)29/h3-6,10,12-14,23,28H,1-2,7-9,11,15-17H2. The Kier molecular flexibility index (Phi) is 5.95. The number of benzene rings is 2. The Hall–Kier alpha value is -2.66. The third-order valence-electron chi connectivity index (χ3n) is 5.98. The lowest BCUT2D eigenvalue weighted by Gasteiger charge is -2.23. The average molecular weight is 392 g/mol. The highest BCUT2D eigenvalue weighted by Crippen LogP contribution is 2.31. The molecule has 0 saturated heterocycles. The number of hydrogen-bond acceptors (Lipinski definition) is 3. The predicted octanol–water partition coefficient (Wildman–Crippen LogP) is 4.06. The zero-order chi connectivity index (χ0) is 20.2. The van der Waals surface area contributed by atoms with Crippen LogP contribution in [0, 0.1) is 0 Å². The van der Waals surface area contributed by atoms with Crippen LogP contribution in [-0.2, 0) is 11.2 Å². The molecule has 0 fully saturated rings. The molecule has 2 aromatic rings. The van der Waals surface area contributed by atoms with E-state index in [9.17, 15) is 14.7 Å². The fourth-order valence-corrected chi connectivity index (χ4v) is 4.39. The Balaban J connectivity index is 1.25. The first-order chi connectivity index (χ1) is 14.2. The molecule has 0 bridgehead atoms. The van der Waals surface area contributed by atoms with Gasteiger partial charge in [-0.3, -0.25) is 9.59 Å². The zero-order valence-corrected chi connectivity index (χ0v) is 16.7. The number of carbonyl (C=O) groups is 2. The summed E-state index contributed by atoms with van der Waals surface area (Å²) in [7, 11) is 0. The molecule has 2 heterocycles. The molecule has 1 atom stereocenters. The molecule has 2 aromatic carbocycles. The number of aliphatic hydroxyl groups is 1. The molecule has 5 heteroatoms. The van der Waals surface area contributed by atoms with Crippen LogP contribution in [-0.4, -0.2) is 34.9 Å². The van der Waals surface area contributed by atoms with Crippen molar-refractivity contribution in [2.75, 3.05) is 18.0 Å². The lowest BCUT2D eigenvalue weighted by molar-refractivity contribution is -0.118. The molecule has 4 rings (SSSR count). The molecule has 1 unspecified atom stereocenters. The maximum atomic E-state index is 12.8. The number of aliphatic hydroxyl groups excluding tert-OH is 1. The highest BCUT2D eigenvalue weighted by molar-refractivity contribution is 5.98. The first-order valence-electron chi connectivity index (χ1n) is 10.6. The Morgan fingerprint density at radius 2 is 1.79 bits per heavy atom. The van der Waals surface area contributed by atoms with E-state index in [1.165, 1.54) is 10.5 Å². The molecule has 0 aliphatic carbocycles. The molecule has 5 nitrogen and oxygen atoms in total. The van der Waals surface area contributed by atoms with Crippen LogP contribution in [0.2, 0.25) is 0 Å². The number of carbonyl (C=O) groups excluding carboxylic acids is 2. The maximum absolute atomic E-state index is 12.8. The molecule has 0 radical (unpaired) electrons. The van der Waals surface area contributed by atoms with Gasteiger partial charge in [0.05, 0.1) is 0 Å².